The molecule has 1 saturated heterocycles. The van der Waals surface area contributed by atoms with Gasteiger partial charge in [-0.1, -0.05) is 36.4 Å². The first-order valence-corrected chi connectivity index (χ1v) is 11.8. The number of fused-ring (bicyclic) bond motifs is 1. The molecule has 0 bridgehead atoms. The molecule has 34 heavy (non-hydrogen) atoms. The number of rotatable bonds is 7. The van der Waals surface area contributed by atoms with Gasteiger partial charge in [0.25, 0.3) is 0 Å². The van der Waals surface area contributed by atoms with E-state index in [0.717, 1.165) is 85.3 Å². The molecule has 0 spiro atoms. The summed E-state index contributed by atoms with van der Waals surface area (Å²) in [7, 11) is 1.70. The first-order valence-electron chi connectivity index (χ1n) is 11.8. The maximum absolute atomic E-state index is 8.53. The van der Waals surface area contributed by atoms with Crippen LogP contribution in [0.15, 0.2) is 54.7 Å². The summed E-state index contributed by atoms with van der Waals surface area (Å²) in [5, 5.41) is 15.3. The molecular formula is C27H31N5O2. The molecule has 0 atom stereocenters. The van der Waals surface area contributed by atoms with Crippen LogP contribution in [0.2, 0.25) is 0 Å². The molecule has 7 nitrogen and oxygen atoms in total. The lowest BCUT2D eigenvalue weighted by molar-refractivity contribution is 0.0389. The number of aromatic amines is 1. The number of amidine groups is 1. The van der Waals surface area contributed by atoms with Gasteiger partial charge in [0.05, 0.1) is 20.3 Å². The summed E-state index contributed by atoms with van der Waals surface area (Å²) in [6.45, 7) is 5.91. The number of hydrogen-bond acceptors (Lipinski definition) is 5. The van der Waals surface area contributed by atoms with Crippen LogP contribution < -0.4 is 15.4 Å². The van der Waals surface area contributed by atoms with Gasteiger partial charge in [0.2, 0.25) is 0 Å². The van der Waals surface area contributed by atoms with Crippen molar-refractivity contribution in [1.82, 2.24) is 15.2 Å². The Morgan fingerprint density at radius 2 is 1.97 bits per heavy atom. The van der Waals surface area contributed by atoms with Crippen molar-refractivity contribution in [3.05, 3.63) is 71.4 Å². The van der Waals surface area contributed by atoms with E-state index in [4.69, 9.17) is 14.9 Å². The molecule has 3 aromatic rings. The summed E-state index contributed by atoms with van der Waals surface area (Å²) in [5.41, 5.74) is 6.47. The summed E-state index contributed by atoms with van der Waals surface area (Å²) < 4.78 is 11.0. The number of H-pyrrole nitrogens is 1. The van der Waals surface area contributed by atoms with Gasteiger partial charge in [0.1, 0.15) is 17.4 Å². The van der Waals surface area contributed by atoms with E-state index in [1.165, 1.54) is 5.57 Å². The quantitative estimate of drug-likeness (QED) is 0.319. The second-order valence-electron chi connectivity index (χ2n) is 8.55. The van der Waals surface area contributed by atoms with Crippen molar-refractivity contribution in [2.75, 3.05) is 58.4 Å². The van der Waals surface area contributed by atoms with E-state index in [1.54, 1.807) is 7.11 Å². The molecule has 0 unspecified atom stereocenters. The zero-order chi connectivity index (χ0) is 23.3. The third-order valence-electron chi connectivity index (χ3n) is 6.45. The van der Waals surface area contributed by atoms with Crippen LogP contribution in [0.3, 0.4) is 0 Å². The number of hydrogen-bond donors (Lipinski definition) is 4. The zero-order valence-electron chi connectivity index (χ0n) is 19.5. The highest BCUT2D eigenvalue weighted by molar-refractivity contribution is 5.99. The molecular weight excluding hydrogens is 426 g/mol. The Morgan fingerprint density at radius 1 is 1.12 bits per heavy atom. The van der Waals surface area contributed by atoms with E-state index in [0.29, 0.717) is 5.84 Å². The van der Waals surface area contributed by atoms with Gasteiger partial charge in [-0.25, -0.2) is 0 Å². The largest absolute Gasteiger partial charge is 0.496 e. The number of morpholine rings is 1. The average molecular weight is 458 g/mol. The molecule has 0 saturated carbocycles. The Bertz CT molecular complexity index is 1190. The number of methoxy groups -OCH3 is 1. The Hall–Kier alpha value is -3.55. The summed E-state index contributed by atoms with van der Waals surface area (Å²) in [6.07, 6.45) is 4.26. The van der Waals surface area contributed by atoms with Gasteiger partial charge in [-0.2, -0.15) is 0 Å². The minimum absolute atomic E-state index is 0.455. The van der Waals surface area contributed by atoms with Crippen LogP contribution in [0.1, 0.15) is 16.7 Å². The molecule has 1 aromatic heterocycles. The maximum atomic E-state index is 8.53. The number of benzene rings is 2. The zero-order valence-corrected chi connectivity index (χ0v) is 19.5. The molecule has 0 aliphatic carbocycles. The highest BCUT2D eigenvalue weighted by Gasteiger charge is 2.19. The second kappa shape index (κ2) is 10.2. The second-order valence-corrected chi connectivity index (χ2v) is 8.55. The van der Waals surface area contributed by atoms with Crippen molar-refractivity contribution in [3.8, 4) is 16.9 Å². The van der Waals surface area contributed by atoms with Crippen LogP contribution in [-0.4, -0.2) is 68.8 Å². The smallest absolute Gasteiger partial charge is 0.126 e. The monoisotopic (exact) mass is 457 g/mol. The number of anilines is 1. The fraction of sp³-hybridized carbons (Fsp3) is 0.296. The number of para-hydroxylation sites is 1. The maximum Gasteiger partial charge on any atom is 0.126 e. The first kappa shape index (κ1) is 22.3. The molecule has 0 radical (unpaired) electrons. The minimum Gasteiger partial charge on any atom is -0.496 e. The van der Waals surface area contributed by atoms with Crippen LogP contribution in [0.5, 0.6) is 5.75 Å². The van der Waals surface area contributed by atoms with E-state index in [-0.39, 0.29) is 0 Å². The fourth-order valence-electron chi connectivity index (χ4n) is 4.56. The molecule has 2 aromatic carbocycles. The standard InChI is InChI=1S/C27H31N5O2/c1-33-25-8-3-2-7-22(25)24-18-31-27-23(24)16-21(17-30-27)19-5-4-6-20(15-19)26(28)29-9-10-32-11-13-34-14-12-32/h2-8,15-16,18,30-31H,9-14,17H2,1H3,(H2,28,29). The van der Waals surface area contributed by atoms with Gasteiger partial charge in [-0.3, -0.25) is 10.3 Å². The lowest BCUT2D eigenvalue weighted by atomic mass is 9.95. The summed E-state index contributed by atoms with van der Waals surface area (Å²) in [5.74, 6) is 2.32. The number of nitrogens with zero attached hydrogens (tertiary/aromatic N) is 1. The predicted octanol–water partition coefficient (Wildman–Crippen LogP) is 3.90. The Morgan fingerprint density at radius 3 is 2.82 bits per heavy atom. The molecule has 5 rings (SSSR count). The Kier molecular flexibility index (Phi) is 6.65. The van der Waals surface area contributed by atoms with Crippen LogP contribution in [0.4, 0.5) is 5.82 Å². The molecule has 1 fully saturated rings. The minimum atomic E-state index is 0.455. The highest BCUT2D eigenvalue weighted by Crippen LogP contribution is 2.39. The van der Waals surface area contributed by atoms with Gasteiger partial charge in [-0.15, -0.1) is 0 Å². The average Bonchev–Trinajstić information content (AvgIpc) is 3.32. The highest BCUT2D eigenvalue weighted by atomic mass is 16.5. The topological polar surface area (TPSA) is 85.4 Å². The SMILES string of the molecule is COc1ccccc1-c1c[nH]c2c1C=C(c1cccc(C(=N)NCCN3CCOCC3)c1)CN2. The van der Waals surface area contributed by atoms with Gasteiger partial charge >= 0.3 is 0 Å². The molecule has 0 amide bonds. The van der Waals surface area contributed by atoms with E-state index >= 15 is 0 Å². The molecule has 176 valence electrons. The lowest BCUT2D eigenvalue weighted by Crippen LogP contribution is -2.41. The van der Waals surface area contributed by atoms with Gasteiger partial charge in [-0.05, 0) is 29.3 Å². The molecule has 2 aliphatic rings. The van der Waals surface area contributed by atoms with Crippen molar-refractivity contribution in [3.63, 3.8) is 0 Å². The van der Waals surface area contributed by atoms with Crippen LogP contribution in [0, 0.1) is 5.41 Å². The van der Waals surface area contributed by atoms with Gasteiger partial charge in [0, 0.05) is 61.2 Å². The van der Waals surface area contributed by atoms with Crippen molar-refractivity contribution in [2.24, 2.45) is 0 Å². The van der Waals surface area contributed by atoms with Gasteiger partial charge in [0.15, 0.2) is 0 Å². The van der Waals surface area contributed by atoms with Crippen molar-refractivity contribution >= 4 is 23.3 Å². The molecule has 2 aliphatic heterocycles. The van der Waals surface area contributed by atoms with E-state index in [9.17, 15) is 0 Å². The molecule has 7 heteroatoms. The number of aromatic nitrogens is 1. The predicted molar refractivity (Wildman–Crippen MR) is 138 cm³/mol. The summed E-state index contributed by atoms with van der Waals surface area (Å²) in [4.78, 5) is 5.73. The molecule has 4 N–H and O–H groups in total. The van der Waals surface area contributed by atoms with Crippen LogP contribution in [-0.2, 0) is 4.74 Å². The van der Waals surface area contributed by atoms with Crippen LogP contribution in [0.25, 0.3) is 22.8 Å². The van der Waals surface area contributed by atoms with Crippen molar-refractivity contribution < 1.29 is 9.47 Å². The Labute approximate surface area is 200 Å². The summed E-state index contributed by atoms with van der Waals surface area (Å²) >= 11 is 0. The molecule has 3 heterocycles. The van der Waals surface area contributed by atoms with E-state index in [2.05, 4.69) is 44.8 Å². The first-order chi connectivity index (χ1) is 16.7. The van der Waals surface area contributed by atoms with Gasteiger partial charge < -0.3 is 25.1 Å². The Balaban J connectivity index is 1.33. The van der Waals surface area contributed by atoms with Crippen molar-refractivity contribution in [1.29, 1.82) is 5.41 Å². The van der Waals surface area contributed by atoms with E-state index in [1.807, 2.05) is 36.5 Å². The normalized spacial score (nSPS) is 15.7. The fourth-order valence-corrected chi connectivity index (χ4v) is 4.56. The third kappa shape index (κ3) is 4.71. The van der Waals surface area contributed by atoms with E-state index < -0.39 is 0 Å². The van der Waals surface area contributed by atoms with Crippen LogP contribution >= 0.6 is 0 Å². The number of nitrogens with one attached hydrogen (secondary N) is 4. The number of ether oxygens (including phenoxy) is 2. The van der Waals surface area contributed by atoms with Crippen molar-refractivity contribution in [2.45, 2.75) is 0 Å². The lowest BCUT2D eigenvalue weighted by Gasteiger charge is -2.26. The third-order valence-corrected chi connectivity index (χ3v) is 6.45. The summed E-state index contributed by atoms with van der Waals surface area (Å²) in [6, 6.07) is 16.3.